The summed E-state index contributed by atoms with van der Waals surface area (Å²) in [4.78, 5) is 12.4. The molecule has 0 N–H and O–H groups in total. The molecule has 0 fully saturated rings. The Morgan fingerprint density at radius 2 is 2.14 bits per heavy atom. The summed E-state index contributed by atoms with van der Waals surface area (Å²) in [6.07, 6.45) is 3.04. The Labute approximate surface area is 85.1 Å². The van der Waals surface area contributed by atoms with Gasteiger partial charge in [0.25, 0.3) is 5.12 Å². The molecule has 0 bridgehead atoms. The van der Waals surface area contributed by atoms with Gasteiger partial charge in [-0.25, -0.2) is 0 Å². The molecule has 0 unspecified atom stereocenters. The van der Waals surface area contributed by atoms with Crippen molar-refractivity contribution in [3.63, 3.8) is 0 Å². The van der Waals surface area contributed by atoms with E-state index in [0.29, 0.717) is 5.76 Å². The molecule has 0 saturated heterocycles. The summed E-state index contributed by atoms with van der Waals surface area (Å²) in [5, 5.41) is -0.112. The van der Waals surface area contributed by atoms with Crippen LogP contribution in [0, 0.1) is 6.92 Å². The van der Waals surface area contributed by atoms with E-state index >= 15 is 0 Å². The highest BCUT2D eigenvalue weighted by Crippen LogP contribution is 2.26. The van der Waals surface area contributed by atoms with Gasteiger partial charge in [0.1, 0.15) is 5.76 Å². The minimum Gasteiger partial charge on any atom is -0.468 e. The van der Waals surface area contributed by atoms with Crippen molar-refractivity contribution in [2.75, 3.05) is 0 Å². The lowest BCUT2D eigenvalue weighted by Gasteiger charge is -1.94. The number of furan rings is 2. The van der Waals surface area contributed by atoms with Crippen molar-refractivity contribution in [2.45, 2.75) is 11.8 Å². The molecule has 0 atom stereocenters. The van der Waals surface area contributed by atoms with E-state index in [1.54, 1.807) is 24.5 Å². The summed E-state index contributed by atoms with van der Waals surface area (Å²) in [7, 11) is 0. The quantitative estimate of drug-likeness (QED) is 0.711. The average Bonchev–Trinajstić information content (AvgIpc) is 2.77. The Morgan fingerprint density at radius 1 is 1.29 bits per heavy atom. The summed E-state index contributed by atoms with van der Waals surface area (Å²) in [5.41, 5.74) is 0. The Morgan fingerprint density at radius 3 is 2.71 bits per heavy atom. The third-order valence-corrected chi connectivity index (χ3v) is 2.77. The lowest BCUT2D eigenvalue weighted by Crippen LogP contribution is -1.89. The highest BCUT2D eigenvalue weighted by molar-refractivity contribution is 8.14. The van der Waals surface area contributed by atoms with E-state index in [4.69, 9.17) is 8.83 Å². The largest absolute Gasteiger partial charge is 0.468 e. The second kappa shape index (κ2) is 3.75. The fourth-order valence-corrected chi connectivity index (χ4v) is 1.76. The molecule has 3 nitrogen and oxygen atoms in total. The molecule has 2 heterocycles. The molecular weight excluding hydrogens is 200 g/mol. The number of carbonyl (C=O) groups is 1. The molecule has 0 spiro atoms. The van der Waals surface area contributed by atoms with Crippen LogP contribution in [-0.4, -0.2) is 5.12 Å². The van der Waals surface area contributed by atoms with Gasteiger partial charge >= 0.3 is 0 Å². The molecule has 0 saturated carbocycles. The average molecular weight is 208 g/mol. The van der Waals surface area contributed by atoms with E-state index in [1.165, 1.54) is 6.26 Å². The molecule has 0 aliphatic heterocycles. The van der Waals surface area contributed by atoms with Gasteiger partial charge in [-0.05, 0) is 36.9 Å². The number of hydrogen-bond donors (Lipinski definition) is 0. The second-order valence-corrected chi connectivity index (χ2v) is 3.72. The van der Waals surface area contributed by atoms with Crippen LogP contribution < -0.4 is 0 Å². The minimum absolute atomic E-state index is 0.112. The molecule has 0 aliphatic rings. The van der Waals surface area contributed by atoms with Crippen LogP contribution >= 0.6 is 11.8 Å². The maximum atomic E-state index is 11.6. The maximum absolute atomic E-state index is 11.6. The van der Waals surface area contributed by atoms with Crippen LogP contribution in [-0.2, 0) is 0 Å². The van der Waals surface area contributed by atoms with Crippen LogP contribution in [0.5, 0.6) is 0 Å². The number of thioether (sulfide) groups is 1. The lowest BCUT2D eigenvalue weighted by molar-refractivity contribution is 0.106. The topological polar surface area (TPSA) is 43.4 Å². The van der Waals surface area contributed by atoms with Gasteiger partial charge in [-0.3, -0.25) is 4.79 Å². The third kappa shape index (κ3) is 1.75. The van der Waals surface area contributed by atoms with Crippen LogP contribution in [0.1, 0.15) is 16.3 Å². The normalized spacial score (nSPS) is 10.4. The summed E-state index contributed by atoms with van der Waals surface area (Å²) in [5.74, 6) is 1.10. The zero-order valence-corrected chi connectivity index (χ0v) is 8.34. The first-order chi connectivity index (χ1) is 6.77. The van der Waals surface area contributed by atoms with E-state index in [1.807, 2.05) is 6.92 Å². The van der Waals surface area contributed by atoms with Gasteiger partial charge in [-0.1, -0.05) is 0 Å². The summed E-state index contributed by atoms with van der Waals surface area (Å²) in [6, 6.07) is 5.10. The van der Waals surface area contributed by atoms with Crippen LogP contribution in [0.3, 0.4) is 0 Å². The van der Waals surface area contributed by atoms with Gasteiger partial charge in [0.15, 0.2) is 5.76 Å². The molecular formula is C10H8O3S. The Bertz CT molecular complexity index is 428. The minimum atomic E-state index is -0.112. The highest BCUT2D eigenvalue weighted by atomic mass is 32.2. The summed E-state index contributed by atoms with van der Waals surface area (Å²) in [6.45, 7) is 1.82. The zero-order chi connectivity index (χ0) is 9.97. The van der Waals surface area contributed by atoms with Crippen LogP contribution in [0.15, 0.2) is 44.5 Å². The predicted molar refractivity (Wildman–Crippen MR) is 52.3 cm³/mol. The zero-order valence-electron chi connectivity index (χ0n) is 7.52. The van der Waals surface area contributed by atoms with Gasteiger partial charge in [0.2, 0.25) is 0 Å². The first kappa shape index (κ1) is 9.15. The third-order valence-electron chi connectivity index (χ3n) is 1.74. The molecule has 2 rings (SSSR count). The van der Waals surface area contributed by atoms with E-state index in [-0.39, 0.29) is 5.12 Å². The summed E-state index contributed by atoms with van der Waals surface area (Å²) < 4.78 is 10.1. The van der Waals surface area contributed by atoms with Gasteiger partial charge in [-0.15, -0.1) is 0 Å². The predicted octanol–water partition coefficient (Wildman–Crippen LogP) is 3.11. The van der Waals surface area contributed by atoms with E-state index < -0.39 is 0 Å². The Hall–Kier alpha value is -1.42. The van der Waals surface area contributed by atoms with E-state index in [2.05, 4.69) is 0 Å². The van der Waals surface area contributed by atoms with Crippen molar-refractivity contribution >= 4 is 16.9 Å². The number of hydrogen-bond acceptors (Lipinski definition) is 4. The lowest BCUT2D eigenvalue weighted by atomic mass is 10.5. The first-order valence-electron chi connectivity index (χ1n) is 4.07. The molecule has 2 aromatic heterocycles. The van der Waals surface area contributed by atoms with Crippen molar-refractivity contribution in [3.8, 4) is 0 Å². The van der Waals surface area contributed by atoms with Gasteiger partial charge in [0, 0.05) is 0 Å². The molecule has 14 heavy (non-hydrogen) atoms. The number of rotatable bonds is 2. The fraction of sp³-hybridized carbons (Fsp3) is 0.100. The van der Waals surface area contributed by atoms with Gasteiger partial charge in [-0.2, -0.15) is 0 Å². The number of carbonyl (C=O) groups excluding carboxylic acids is 1. The molecule has 0 aromatic carbocycles. The SMILES string of the molecule is Cc1occc1SC(=O)c1ccco1. The van der Waals surface area contributed by atoms with Crippen LogP contribution in [0.25, 0.3) is 0 Å². The van der Waals surface area contributed by atoms with Gasteiger partial charge < -0.3 is 8.83 Å². The molecule has 4 heteroatoms. The van der Waals surface area contributed by atoms with E-state index in [0.717, 1.165) is 22.4 Å². The Balaban J connectivity index is 2.13. The molecule has 0 radical (unpaired) electrons. The Kier molecular flexibility index (Phi) is 2.45. The molecule has 2 aromatic rings. The second-order valence-electron chi connectivity index (χ2n) is 2.71. The molecule has 0 amide bonds. The molecule has 0 aliphatic carbocycles. The first-order valence-corrected chi connectivity index (χ1v) is 4.89. The van der Waals surface area contributed by atoms with E-state index in [9.17, 15) is 4.79 Å². The monoisotopic (exact) mass is 208 g/mol. The van der Waals surface area contributed by atoms with Crippen LogP contribution in [0.2, 0.25) is 0 Å². The summed E-state index contributed by atoms with van der Waals surface area (Å²) >= 11 is 1.11. The highest BCUT2D eigenvalue weighted by Gasteiger charge is 2.13. The van der Waals surface area contributed by atoms with Crippen molar-refractivity contribution in [1.82, 2.24) is 0 Å². The molecule has 72 valence electrons. The maximum Gasteiger partial charge on any atom is 0.259 e. The smallest absolute Gasteiger partial charge is 0.259 e. The fourth-order valence-electron chi connectivity index (χ4n) is 1.02. The van der Waals surface area contributed by atoms with Crippen molar-refractivity contribution < 1.29 is 13.6 Å². The van der Waals surface area contributed by atoms with Crippen molar-refractivity contribution in [2.24, 2.45) is 0 Å². The van der Waals surface area contributed by atoms with Crippen molar-refractivity contribution in [1.29, 1.82) is 0 Å². The van der Waals surface area contributed by atoms with Crippen LogP contribution in [0.4, 0.5) is 0 Å². The number of aryl methyl sites for hydroxylation is 1. The van der Waals surface area contributed by atoms with Gasteiger partial charge in [0.05, 0.1) is 17.4 Å². The van der Waals surface area contributed by atoms with Crippen molar-refractivity contribution in [3.05, 3.63) is 42.2 Å². The standard InChI is InChI=1S/C10H8O3S/c1-7-9(4-6-12-7)14-10(11)8-3-2-5-13-8/h2-6H,1H3.